The van der Waals surface area contributed by atoms with Crippen molar-refractivity contribution in [2.75, 3.05) is 13.2 Å². The van der Waals surface area contributed by atoms with Gasteiger partial charge >= 0.3 is 0 Å². The number of hydrogen-bond acceptors (Lipinski definition) is 10. The molecule has 2 aliphatic carbocycles. The van der Waals surface area contributed by atoms with Crippen molar-refractivity contribution in [1.82, 2.24) is 0 Å². The molecular weight excluding hydrogens is 412 g/mol. The minimum atomic E-state index is -1.64. The molecule has 0 amide bonds. The van der Waals surface area contributed by atoms with Crippen molar-refractivity contribution in [2.24, 2.45) is 17.8 Å². The Balaban J connectivity index is 1.83. The first-order valence-corrected chi connectivity index (χ1v) is 10.9. The first kappa shape index (κ1) is 24.9. The number of carbonyl (C=O) groups is 1. The van der Waals surface area contributed by atoms with Crippen LogP contribution in [0.1, 0.15) is 46.5 Å². The van der Waals surface area contributed by atoms with Gasteiger partial charge in [0.2, 0.25) is 0 Å². The average molecular weight is 449 g/mol. The molecule has 0 aromatic carbocycles. The molecule has 0 radical (unpaired) electrons. The molecule has 0 aromatic heterocycles. The third kappa shape index (κ3) is 4.30. The summed E-state index contributed by atoms with van der Waals surface area (Å²) in [5, 5.41) is 71.5. The van der Waals surface area contributed by atoms with Crippen LogP contribution in [-0.4, -0.2) is 102 Å². The van der Waals surface area contributed by atoms with Gasteiger partial charge in [-0.3, -0.25) is 4.79 Å². The Morgan fingerprint density at radius 3 is 2.32 bits per heavy atom. The van der Waals surface area contributed by atoms with Gasteiger partial charge in [-0.05, 0) is 46.0 Å². The fourth-order valence-corrected chi connectivity index (χ4v) is 5.53. The SMILES string of the molecule is CC(C)(O[C@@H]1O[C@H](CO)[C@@H](O)[C@H](O)[C@H]1O)[C@@H]1CC[C@@](O)(CO)[C@H]2CC(=O)[C@@](C)(O)[C@@H]2C1. The third-order valence-electron chi connectivity index (χ3n) is 7.86. The summed E-state index contributed by atoms with van der Waals surface area (Å²) < 4.78 is 11.5. The molecule has 3 aliphatic rings. The van der Waals surface area contributed by atoms with Crippen molar-refractivity contribution < 1.29 is 50.0 Å². The zero-order valence-electron chi connectivity index (χ0n) is 18.2. The second-order valence-corrected chi connectivity index (χ2v) is 10.1. The van der Waals surface area contributed by atoms with E-state index in [0.29, 0.717) is 12.8 Å². The van der Waals surface area contributed by atoms with Crippen LogP contribution in [0.3, 0.4) is 0 Å². The average Bonchev–Trinajstić information content (AvgIpc) is 2.84. The molecule has 3 fully saturated rings. The predicted octanol–water partition coefficient (Wildman–Crippen LogP) is -1.94. The maximum atomic E-state index is 12.4. The van der Waals surface area contributed by atoms with Crippen molar-refractivity contribution in [1.29, 1.82) is 0 Å². The molecule has 31 heavy (non-hydrogen) atoms. The molecule has 3 rings (SSSR count). The van der Waals surface area contributed by atoms with Gasteiger partial charge in [-0.1, -0.05) is 0 Å². The molecule has 180 valence electrons. The van der Waals surface area contributed by atoms with Gasteiger partial charge in [0.15, 0.2) is 12.1 Å². The zero-order valence-corrected chi connectivity index (χ0v) is 18.2. The lowest BCUT2D eigenvalue weighted by molar-refractivity contribution is -0.329. The summed E-state index contributed by atoms with van der Waals surface area (Å²) in [6.07, 6.45) is -6.14. The van der Waals surface area contributed by atoms with Crippen LogP contribution < -0.4 is 0 Å². The van der Waals surface area contributed by atoms with Crippen LogP contribution in [-0.2, 0) is 14.3 Å². The van der Waals surface area contributed by atoms with Gasteiger partial charge in [-0.15, -0.1) is 0 Å². The first-order chi connectivity index (χ1) is 14.3. The molecule has 0 unspecified atom stereocenters. The van der Waals surface area contributed by atoms with E-state index in [1.165, 1.54) is 6.92 Å². The highest BCUT2D eigenvalue weighted by Gasteiger charge is 2.60. The molecule has 1 aliphatic heterocycles. The van der Waals surface area contributed by atoms with E-state index < -0.39 is 72.6 Å². The number of hydrogen-bond donors (Lipinski definition) is 7. The van der Waals surface area contributed by atoms with E-state index in [4.69, 9.17) is 9.47 Å². The summed E-state index contributed by atoms with van der Waals surface area (Å²) in [5.41, 5.74) is -4.15. The largest absolute Gasteiger partial charge is 0.394 e. The van der Waals surface area contributed by atoms with E-state index in [0.717, 1.165) is 0 Å². The fraction of sp³-hybridized carbons (Fsp3) is 0.952. The van der Waals surface area contributed by atoms with E-state index in [1.807, 2.05) is 0 Å². The molecule has 10 atom stereocenters. The van der Waals surface area contributed by atoms with Gasteiger partial charge in [0, 0.05) is 18.3 Å². The van der Waals surface area contributed by atoms with Crippen molar-refractivity contribution in [2.45, 2.75) is 94.0 Å². The van der Waals surface area contributed by atoms with Crippen molar-refractivity contribution in [3.05, 3.63) is 0 Å². The van der Waals surface area contributed by atoms with Crippen LogP contribution >= 0.6 is 0 Å². The Morgan fingerprint density at radius 1 is 1.10 bits per heavy atom. The van der Waals surface area contributed by atoms with Crippen LogP contribution in [0.4, 0.5) is 0 Å². The number of aliphatic hydroxyl groups excluding tert-OH is 5. The minimum Gasteiger partial charge on any atom is -0.394 e. The van der Waals surface area contributed by atoms with Crippen LogP contribution in [0, 0.1) is 17.8 Å². The molecular formula is C21H36O10. The van der Waals surface area contributed by atoms with Gasteiger partial charge in [0.25, 0.3) is 0 Å². The molecule has 0 bridgehead atoms. The van der Waals surface area contributed by atoms with Gasteiger partial charge in [-0.2, -0.15) is 0 Å². The van der Waals surface area contributed by atoms with Gasteiger partial charge in [0.1, 0.15) is 30.0 Å². The molecule has 2 saturated carbocycles. The van der Waals surface area contributed by atoms with E-state index in [9.17, 15) is 40.5 Å². The molecule has 7 N–H and O–H groups in total. The molecule has 0 spiro atoms. The lowest BCUT2D eigenvalue weighted by atomic mass is 9.74. The molecule has 1 heterocycles. The minimum absolute atomic E-state index is 0.0184. The lowest BCUT2D eigenvalue weighted by Crippen LogP contribution is -2.61. The van der Waals surface area contributed by atoms with Crippen LogP contribution in [0.15, 0.2) is 0 Å². The highest BCUT2D eigenvalue weighted by molar-refractivity contribution is 5.89. The summed E-state index contributed by atoms with van der Waals surface area (Å²) in [4.78, 5) is 12.4. The summed E-state index contributed by atoms with van der Waals surface area (Å²) in [5.74, 6) is -1.86. The van der Waals surface area contributed by atoms with Crippen LogP contribution in [0.5, 0.6) is 0 Å². The Kier molecular flexibility index (Phi) is 6.91. The summed E-state index contributed by atoms with van der Waals surface area (Å²) in [6, 6.07) is 0. The zero-order chi connectivity index (χ0) is 23.4. The molecule has 10 heteroatoms. The van der Waals surface area contributed by atoms with E-state index in [2.05, 4.69) is 0 Å². The lowest BCUT2D eigenvalue weighted by Gasteiger charge is -2.45. The second kappa shape index (κ2) is 8.58. The van der Waals surface area contributed by atoms with Gasteiger partial charge in [-0.25, -0.2) is 0 Å². The number of Topliss-reactive ketones (excluding diaryl/α,β-unsaturated/α-hetero) is 1. The first-order valence-electron chi connectivity index (χ1n) is 10.9. The molecule has 0 aromatic rings. The maximum absolute atomic E-state index is 12.4. The quantitative estimate of drug-likeness (QED) is 0.250. The molecule has 10 nitrogen and oxygen atoms in total. The highest BCUT2D eigenvalue weighted by atomic mass is 16.7. The van der Waals surface area contributed by atoms with E-state index in [-0.39, 0.29) is 24.5 Å². The summed E-state index contributed by atoms with van der Waals surface area (Å²) in [6.45, 7) is 3.81. The number of ether oxygens (including phenoxy) is 2. The van der Waals surface area contributed by atoms with Gasteiger partial charge in [0.05, 0.1) is 24.4 Å². The Labute approximate surface area is 181 Å². The van der Waals surface area contributed by atoms with Crippen molar-refractivity contribution >= 4 is 5.78 Å². The van der Waals surface area contributed by atoms with Crippen molar-refractivity contribution in [3.8, 4) is 0 Å². The Bertz CT molecular complexity index is 665. The van der Waals surface area contributed by atoms with E-state index >= 15 is 0 Å². The van der Waals surface area contributed by atoms with Gasteiger partial charge < -0.3 is 45.2 Å². The Hall–Kier alpha value is -0.690. The third-order valence-corrected chi connectivity index (χ3v) is 7.86. The monoisotopic (exact) mass is 448 g/mol. The molecule has 1 saturated heterocycles. The second-order valence-electron chi connectivity index (χ2n) is 10.1. The number of carbonyl (C=O) groups excluding carboxylic acids is 1. The fourth-order valence-electron chi connectivity index (χ4n) is 5.53. The smallest absolute Gasteiger partial charge is 0.187 e. The number of rotatable bonds is 5. The van der Waals surface area contributed by atoms with Crippen LogP contribution in [0.2, 0.25) is 0 Å². The maximum Gasteiger partial charge on any atom is 0.187 e. The summed E-state index contributed by atoms with van der Waals surface area (Å²) in [7, 11) is 0. The standard InChI is InChI=1S/C21H36O10/c1-19(2,31-18-17(27)16(26)15(25)13(8-22)30-18)10-4-5-21(29,9-23)12-7-14(24)20(3,28)11(12)6-10/h10-13,15-18,22-23,25-29H,4-9H2,1-3H3/t10-,11-,12+,13-,15-,16+,17-,18+,20+,21-/m1/s1. The number of aliphatic hydroxyl groups is 7. The predicted molar refractivity (Wildman–Crippen MR) is 106 cm³/mol. The normalized spacial score (nSPS) is 49.0. The Morgan fingerprint density at radius 2 is 1.74 bits per heavy atom. The number of ketones is 1. The van der Waals surface area contributed by atoms with Crippen LogP contribution in [0.25, 0.3) is 0 Å². The summed E-state index contributed by atoms with van der Waals surface area (Å²) >= 11 is 0. The highest BCUT2D eigenvalue weighted by Crippen LogP contribution is 2.52. The number of fused-ring (bicyclic) bond motifs is 1. The van der Waals surface area contributed by atoms with E-state index in [1.54, 1.807) is 13.8 Å². The topological polar surface area (TPSA) is 177 Å². The van der Waals surface area contributed by atoms with Crippen molar-refractivity contribution in [3.63, 3.8) is 0 Å².